The number of aryl methyl sites for hydroxylation is 2. The molecule has 0 heterocycles. The Morgan fingerprint density at radius 2 is 1.70 bits per heavy atom. The first kappa shape index (κ1) is 24.2. The van der Waals surface area contributed by atoms with Gasteiger partial charge >= 0.3 is 0 Å². The fourth-order valence-electron chi connectivity index (χ4n) is 3.55. The van der Waals surface area contributed by atoms with Gasteiger partial charge in [0, 0.05) is 18.2 Å². The van der Waals surface area contributed by atoms with E-state index in [1.165, 1.54) is 36.4 Å². The molecule has 0 spiro atoms. The number of allylic oxidation sites excluding steroid dienone is 1. The lowest BCUT2D eigenvalue weighted by Crippen LogP contribution is -2.19. The Morgan fingerprint density at radius 3 is 2.33 bits per heavy atom. The van der Waals surface area contributed by atoms with E-state index in [-0.39, 0.29) is 5.56 Å². The molecule has 0 N–H and O–H groups in total. The molecule has 4 nitrogen and oxygen atoms in total. The number of benzene rings is 3. The third-order valence-corrected chi connectivity index (χ3v) is 5.22. The number of hydrogen-bond donors (Lipinski definition) is 0. The predicted octanol–water partition coefficient (Wildman–Crippen LogP) is 5.95. The molecule has 3 rings (SSSR count). The molecule has 0 saturated carbocycles. The average molecular weight is 448 g/mol. The van der Waals surface area contributed by atoms with Gasteiger partial charge in [-0.25, -0.2) is 4.39 Å². The van der Waals surface area contributed by atoms with E-state index in [1.54, 1.807) is 12.1 Å². The molecule has 33 heavy (non-hydrogen) atoms. The molecule has 0 amide bonds. The Morgan fingerprint density at radius 1 is 0.970 bits per heavy atom. The van der Waals surface area contributed by atoms with Crippen LogP contribution in [0.2, 0.25) is 0 Å². The number of methoxy groups -OCH3 is 1. The van der Waals surface area contributed by atoms with Crippen LogP contribution in [-0.4, -0.2) is 45.0 Å². The molecule has 172 valence electrons. The van der Waals surface area contributed by atoms with E-state index in [1.807, 2.05) is 37.2 Å². The second kappa shape index (κ2) is 10.9. The van der Waals surface area contributed by atoms with Crippen LogP contribution in [0.5, 0.6) is 11.5 Å². The van der Waals surface area contributed by atoms with Crippen LogP contribution in [0.1, 0.15) is 27.0 Å². The standard InChI is InChI=1S/C28H30FNO3/c1-19-14-20(2)16-23(15-19)21-7-11-28(33-13-12-30(3)4)22(17-21)6-10-27(31)25-9-8-24(32-5)18-26(25)29/h6-11,14-18H,12-13H2,1-5H3. The van der Waals surface area contributed by atoms with E-state index in [0.717, 1.165) is 23.2 Å². The van der Waals surface area contributed by atoms with Gasteiger partial charge in [0.05, 0.1) is 12.7 Å². The van der Waals surface area contributed by atoms with E-state index >= 15 is 0 Å². The summed E-state index contributed by atoms with van der Waals surface area (Å²) in [5.74, 6) is -0.00312. The Balaban J connectivity index is 1.94. The largest absolute Gasteiger partial charge is 0.497 e. The van der Waals surface area contributed by atoms with Crippen LogP contribution < -0.4 is 9.47 Å². The molecule has 3 aromatic carbocycles. The summed E-state index contributed by atoms with van der Waals surface area (Å²) in [6, 6.07) is 16.5. The third kappa shape index (κ3) is 6.53. The summed E-state index contributed by atoms with van der Waals surface area (Å²) in [5.41, 5.74) is 5.22. The van der Waals surface area contributed by atoms with Crippen molar-refractivity contribution in [2.75, 3.05) is 34.4 Å². The summed E-state index contributed by atoms with van der Waals surface area (Å²) < 4.78 is 25.3. The van der Waals surface area contributed by atoms with Crippen LogP contribution in [0.25, 0.3) is 17.2 Å². The Hall–Kier alpha value is -3.44. The molecule has 0 fully saturated rings. The van der Waals surface area contributed by atoms with E-state index in [9.17, 15) is 9.18 Å². The highest BCUT2D eigenvalue weighted by molar-refractivity contribution is 6.07. The zero-order valence-corrected chi connectivity index (χ0v) is 19.8. The molecule has 0 unspecified atom stereocenters. The molecule has 0 aliphatic rings. The number of carbonyl (C=O) groups is 1. The highest BCUT2D eigenvalue weighted by atomic mass is 19.1. The van der Waals surface area contributed by atoms with E-state index in [4.69, 9.17) is 9.47 Å². The molecule has 5 heteroatoms. The van der Waals surface area contributed by atoms with Crippen molar-refractivity contribution in [2.24, 2.45) is 0 Å². The summed E-state index contributed by atoms with van der Waals surface area (Å²) in [6.45, 7) is 5.41. The van der Waals surface area contributed by atoms with Gasteiger partial charge in [0.2, 0.25) is 0 Å². The minimum Gasteiger partial charge on any atom is -0.497 e. The Kier molecular flexibility index (Phi) is 8.01. The summed E-state index contributed by atoms with van der Waals surface area (Å²) in [7, 11) is 5.42. The maximum absolute atomic E-state index is 14.3. The fourth-order valence-corrected chi connectivity index (χ4v) is 3.55. The lowest BCUT2D eigenvalue weighted by Gasteiger charge is -2.14. The zero-order valence-electron chi connectivity index (χ0n) is 19.8. The summed E-state index contributed by atoms with van der Waals surface area (Å²) in [6.07, 6.45) is 3.06. The van der Waals surface area contributed by atoms with Gasteiger partial charge < -0.3 is 14.4 Å². The van der Waals surface area contributed by atoms with E-state index < -0.39 is 11.6 Å². The van der Waals surface area contributed by atoms with Crippen molar-refractivity contribution in [3.8, 4) is 22.6 Å². The number of rotatable bonds is 9. The molecule has 0 atom stereocenters. The van der Waals surface area contributed by atoms with Gasteiger partial charge in [-0.15, -0.1) is 0 Å². The Labute approximate surface area is 195 Å². The van der Waals surface area contributed by atoms with Crippen molar-refractivity contribution in [3.05, 3.63) is 88.7 Å². The summed E-state index contributed by atoms with van der Waals surface area (Å²) in [5, 5.41) is 0. The first-order valence-corrected chi connectivity index (χ1v) is 10.8. The van der Waals surface area contributed by atoms with Gasteiger partial charge in [0.25, 0.3) is 0 Å². The molecule has 0 saturated heterocycles. The van der Waals surface area contributed by atoms with Crippen LogP contribution in [0.4, 0.5) is 4.39 Å². The van der Waals surface area contributed by atoms with Gasteiger partial charge in [-0.1, -0.05) is 35.4 Å². The summed E-state index contributed by atoms with van der Waals surface area (Å²) >= 11 is 0. The molecular weight excluding hydrogens is 417 g/mol. The minimum absolute atomic E-state index is 0.00686. The van der Waals surface area contributed by atoms with Gasteiger partial charge in [0.1, 0.15) is 23.9 Å². The van der Waals surface area contributed by atoms with Crippen LogP contribution in [0.15, 0.2) is 60.7 Å². The molecule has 0 aliphatic carbocycles. The molecule has 0 bridgehead atoms. The van der Waals surface area contributed by atoms with Crippen molar-refractivity contribution in [2.45, 2.75) is 13.8 Å². The molecule has 3 aromatic rings. The lowest BCUT2D eigenvalue weighted by atomic mass is 9.98. The smallest absolute Gasteiger partial charge is 0.188 e. The van der Waals surface area contributed by atoms with Crippen molar-refractivity contribution in [1.82, 2.24) is 4.90 Å². The maximum Gasteiger partial charge on any atom is 0.188 e. The van der Waals surface area contributed by atoms with Crippen molar-refractivity contribution in [1.29, 1.82) is 0 Å². The van der Waals surface area contributed by atoms with Crippen LogP contribution >= 0.6 is 0 Å². The zero-order chi connectivity index (χ0) is 24.0. The molecular formula is C28H30FNO3. The number of nitrogens with zero attached hydrogens (tertiary/aromatic N) is 1. The van der Waals surface area contributed by atoms with E-state index in [2.05, 4.69) is 32.0 Å². The number of halogens is 1. The fraction of sp³-hybridized carbons (Fsp3) is 0.250. The van der Waals surface area contributed by atoms with Crippen LogP contribution in [0.3, 0.4) is 0 Å². The van der Waals surface area contributed by atoms with Crippen LogP contribution in [0, 0.1) is 19.7 Å². The van der Waals surface area contributed by atoms with Crippen molar-refractivity contribution < 1.29 is 18.7 Å². The normalized spacial score (nSPS) is 11.2. The molecule has 0 radical (unpaired) electrons. The van der Waals surface area contributed by atoms with Crippen molar-refractivity contribution in [3.63, 3.8) is 0 Å². The highest BCUT2D eigenvalue weighted by Crippen LogP contribution is 2.29. The predicted molar refractivity (Wildman–Crippen MR) is 132 cm³/mol. The first-order chi connectivity index (χ1) is 15.8. The number of hydrogen-bond acceptors (Lipinski definition) is 4. The number of likely N-dealkylation sites (N-methyl/N-ethyl adjacent to an activating group) is 1. The second-order valence-corrected chi connectivity index (χ2v) is 8.32. The Bertz CT molecular complexity index is 1150. The SMILES string of the molecule is COc1ccc(C(=O)C=Cc2cc(-c3cc(C)cc(C)c3)ccc2OCCN(C)C)c(F)c1. The quantitative estimate of drug-likeness (QED) is 0.300. The number of ether oxygens (including phenoxy) is 2. The van der Waals surface area contributed by atoms with Crippen molar-refractivity contribution >= 4 is 11.9 Å². The number of carbonyl (C=O) groups excluding carboxylic acids is 1. The molecule has 0 aliphatic heterocycles. The highest BCUT2D eigenvalue weighted by Gasteiger charge is 2.11. The second-order valence-electron chi connectivity index (χ2n) is 8.32. The lowest BCUT2D eigenvalue weighted by molar-refractivity contribution is 0.104. The van der Waals surface area contributed by atoms with Gasteiger partial charge in [-0.3, -0.25) is 4.79 Å². The van der Waals surface area contributed by atoms with Gasteiger partial charge in [-0.2, -0.15) is 0 Å². The maximum atomic E-state index is 14.3. The average Bonchev–Trinajstić information content (AvgIpc) is 2.77. The molecule has 0 aromatic heterocycles. The third-order valence-electron chi connectivity index (χ3n) is 5.22. The monoisotopic (exact) mass is 447 g/mol. The number of ketones is 1. The van der Waals surface area contributed by atoms with E-state index in [0.29, 0.717) is 18.1 Å². The van der Waals surface area contributed by atoms with Gasteiger partial charge in [0.15, 0.2) is 5.78 Å². The van der Waals surface area contributed by atoms with Crippen LogP contribution in [-0.2, 0) is 0 Å². The first-order valence-electron chi connectivity index (χ1n) is 10.8. The summed E-state index contributed by atoms with van der Waals surface area (Å²) in [4.78, 5) is 14.7. The van der Waals surface area contributed by atoms with Gasteiger partial charge in [-0.05, 0) is 75.5 Å². The topological polar surface area (TPSA) is 38.8 Å². The minimum atomic E-state index is -0.615.